The molecule has 2 nitrogen and oxygen atoms in total. The zero-order chi connectivity index (χ0) is 10.7. The highest BCUT2D eigenvalue weighted by Gasteiger charge is 2.02. The van der Waals surface area contributed by atoms with E-state index >= 15 is 0 Å². The summed E-state index contributed by atoms with van der Waals surface area (Å²) in [4.78, 5) is 4.30. The summed E-state index contributed by atoms with van der Waals surface area (Å²) in [6.07, 6.45) is 3.09. The van der Waals surface area contributed by atoms with Crippen molar-refractivity contribution in [2.24, 2.45) is 0 Å². The Bertz CT molecular complexity index is 472. The molecular weight excluding hydrogens is 184 g/mol. The average Bonchev–Trinajstić information content (AvgIpc) is 2.30. The van der Waals surface area contributed by atoms with Crippen LogP contribution in [0.2, 0.25) is 0 Å². The summed E-state index contributed by atoms with van der Waals surface area (Å²) in [5, 5.41) is 7.31. The van der Waals surface area contributed by atoms with Crippen molar-refractivity contribution in [3.8, 4) is 11.3 Å². The topological polar surface area (TPSA) is 36.7 Å². The summed E-state index contributed by atoms with van der Waals surface area (Å²) in [5.41, 5.74) is 4.00. The average molecular weight is 196 g/mol. The molecule has 0 amide bonds. The molecule has 0 radical (unpaired) electrons. The number of pyridine rings is 1. The third-order valence-electron chi connectivity index (χ3n) is 2.32. The third-order valence-corrected chi connectivity index (χ3v) is 2.32. The fraction of sp³-hybridized carbons (Fsp3) is 0.0769. The molecule has 2 heteroatoms. The van der Waals surface area contributed by atoms with Crippen molar-refractivity contribution in [1.82, 2.24) is 4.98 Å². The van der Waals surface area contributed by atoms with Crippen LogP contribution < -0.4 is 0 Å². The van der Waals surface area contributed by atoms with Crippen LogP contribution in [-0.4, -0.2) is 11.2 Å². The molecular formula is C13H12N2. The lowest BCUT2D eigenvalue weighted by Crippen LogP contribution is -1.90. The van der Waals surface area contributed by atoms with Crippen LogP contribution in [0.3, 0.4) is 0 Å². The normalized spacial score (nSPS) is 9.93. The maximum Gasteiger partial charge on any atom is 0.0789 e. The summed E-state index contributed by atoms with van der Waals surface area (Å²) in [5.74, 6) is 0. The van der Waals surface area contributed by atoms with Gasteiger partial charge in [-0.1, -0.05) is 29.8 Å². The molecule has 0 saturated heterocycles. The SMILES string of the molecule is Cc1ccc(-c2ncccc2C=N)cc1. The van der Waals surface area contributed by atoms with Gasteiger partial charge in [0.15, 0.2) is 0 Å². The Hall–Kier alpha value is -1.96. The van der Waals surface area contributed by atoms with E-state index in [1.807, 2.05) is 24.3 Å². The van der Waals surface area contributed by atoms with E-state index in [2.05, 4.69) is 24.0 Å². The van der Waals surface area contributed by atoms with Crippen molar-refractivity contribution in [3.05, 3.63) is 53.7 Å². The molecule has 1 aromatic heterocycles. The van der Waals surface area contributed by atoms with Gasteiger partial charge in [0.25, 0.3) is 0 Å². The lowest BCUT2D eigenvalue weighted by atomic mass is 10.1. The van der Waals surface area contributed by atoms with Gasteiger partial charge in [-0.25, -0.2) is 0 Å². The number of nitrogens with one attached hydrogen (secondary N) is 1. The van der Waals surface area contributed by atoms with Gasteiger partial charge in [0, 0.05) is 23.5 Å². The van der Waals surface area contributed by atoms with Crippen molar-refractivity contribution < 1.29 is 0 Å². The van der Waals surface area contributed by atoms with Crippen molar-refractivity contribution >= 4 is 6.21 Å². The Labute approximate surface area is 89.1 Å². The van der Waals surface area contributed by atoms with Crippen molar-refractivity contribution in [2.45, 2.75) is 6.92 Å². The first-order chi connectivity index (χ1) is 7.31. The van der Waals surface area contributed by atoms with Crippen LogP contribution in [-0.2, 0) is 0 Å². The molecule has 0 aliphatic heterocycles. The van der Waals surface area contributed by atoms with Gasteiger partial charge in [0.05, 0.1) is 5.69 Å². The fourth-order valence-electron chi connectivity index (χ4n) is 1.49. The fourth-order valence-corrected chi connectivity index (χ4v) is 1.49. The van der Waals surface area contributed by atoms with E-state index in [0.29, 0.717) is 0 Å². The molecule has 0 aliphatic carbocycles. The van der Waals surface area contributed by atoms with Crippen LogP contribution in [0.1, 0.15) is 11.1 Å². The minimum atomic E-state index is 0.848. The van der Waals surface area contributed by atoms with E-state index in [1.165, 1.54) is 11.8 Å². The largest absolute Gasteiger partial charge is 0.308 e. The molecule has 74 valence electrons. The lowest BCUT2D eigenvalue weighted by molar-refractivity contribution is 1.31. The molecule has 1 heterocycles. The summed E-state index contributed by atoms with van der Waals surface area (Å²) in [7, 11) is 0. The van der Waals surface area contributed by atoms with E-state index in [4.69, 9.17) is 5.41 Å². The number of benzene rings is 1. The van der Waals surface area contributed by atoms with Crippen LogP contribution in [0.5, 0.6) is 0 Å². The molecule has 0 spiro atoms. The smallest absolute Gasteiger partial charge is 0.0789 e. The Morgan fingerprint density at radius 2 is 1.87 bits per heavy atom. The quantitative estimate of drug-likeness (QED) is 0.736. The van der Waals surface area contributed by atoms with Crippen molar-refractivity contribution in [2.75, 3.05) is 0 Å². The van der Waals surface area contributed by atoms with Gasteiger partial charge in [0.1, 0.15) is 0 Å². The van der Waals surface area contributed by atoms with Gasteiger partial charge in [-0.15, -0.1) is 0 Å². The van der Waals surface area contributed by atoms with Gasteiger partial charge in [-0.3, -0.25) is 4.98 Å². The highest BCUT2D eigenvalue weighted by Crippen LogP contribution is 2.19. The number of rotatable bonds is 2. The van der Waals surface area contributed by atoms with E-state index in [0.717, 1.165) is 16.8 Å². The van der Waals surface area contributed by atoms with Crippen molar-refractivity contribution in [1.29, 1.82) is 5.41 Å². The molecule has 0 unspecified atom stereocenters. The van der Waals surface area contributed by atoms with E-state index in [-0.39, 0.29) is 0 Å². The molecule has 1 N–H and O–H groups in total. The molecule has 2 aromatic rings. The molecule has 0 atom stereocenters. The monoisotopic (exact) mass is 196 g/mol. The van der Waals surface area contributed by atoms with Crippen LogP contribution in [0.15, 0.2) is 42.6 Å². The first-order valence-corrected chi connectivity index (χ1v) is 4.84. The van der Waals surface area contributed by atoms with Gasteiger partial charge in [-0.05, 0) is 19.1 Å². The molecule has 0 fully saturated rings. The highest BCUT2D eigenvalue weighted by atomic mass is 14.7. The van der Waals surface area contributed by atoms with E-state index in [1.54, 1.807) is 6.20 Å². The van der Waals surface area contributed by atoms with Crippen LogP contribution >= 0.6 is 0 Å². The van der Waals surface area contributed by atoms with E-state index < -0.39 is 0 Å². The zero-order valence-electron chi connectivity index (χ0n) is 8.57. The summed E-state index contributed by atoms with van der Waals surface area (Å²) >= 11 is 0. The van der Waals surface area contributed by atoms with Crippen LogP contribution in [0, 0.1) is 12.3 Å². The van der Waals surface area contributed by atoms with E-state index in [9.17, 15) is 0 Å². The predicted octanol–water partition coefficient (Wildman–Crippen LogP) is 3.05. The maximum absolute atomic E-state index is 7.31. The highest BCUT2D eigenvalue weighted by molar-refractivity contribution is 5.86. The second kappa shape index (κ2) is 4.05. The number of hydrogen-bond donors (Lipinski definition) is 1. The summed E-state index contributed by atoms with van der Waals surface area (Å²) < 4.78 is 0. The van der Waals surface area contributed by atoms with Gasteiger partial charge in [0.2, 0.25) is 0 Å². The predicted molar refractivity (Wildman–Crippen MR) is 62.3 cm³/mol. The van der Waals surface area contributed by atoms with Crippen molar-refractivity contribution in [3.63, 3.8) is 0 Å². The molecule has 0 aliphatic rings. The molecule has 0 saturated carbocycles. The first kappa shape index (κ1) is 9.59. The Morgan fingerprint density at radius 3 is 2.53 bits per heavy atom. The maximum atomic E-state index is 7.31. The number of nitrogens with zero attached hydrogens (tertiary/aromatic N) is 1. The Morgan fingerprint density at radius 1 is 1.13 bits per heavy atom. The summed E-state index contributed by atoms with van der Waals surface area (Å²) in [6.45, 7) is 2.06. The molecule has 1 aromatic carbocycles. The Balaban J connectivity index is 2.53. The van der Waals surface area contributed by atoms with Crippen LogP contribution in [0.25, 0.3) is 11.3 Å². The Kier molecular flexibility index (Phi) is 2.59. The molecule has 0 bridgehead atoms. The standard InChI is InChI=1S/C13H12N2/c1-10-4-6-11(7-5-10)13-12(9-14)3-2-8-15-13/h2-9,14H,1H3. The minimum Gasteiger partial charge on any atom is -0.308 e. The lowest BCUT2D eigenvalue weighted by Gasteiger charge is -2.04. The second-order valence-electron chi connectivity index (χ2n) is 3.45. The number of aryl methyl sites for hydroxylation is 1. The van der Waals surface area contributed by atoms with Gasteiger partial charge < -0.3 is 5.41 Å². The minimum absolute atomic E-state index is 0.848. The summed E-state index contributed by atoms with van der Waals surface area (Å²) in [6, 6.07) is 11.9. The first-order valence-electron chi connectivity index (χ1n) is 4.84. The zero-order valence-corrected chi connectivity index (χ0v) is 8.57. The second-order valence-corrected chi connectivity index (χ2v) is 3.45. The van der Waals surface area contributed by atoms with Gasteiger partial charge >= 0.3 is 0 Å². The van der Waals surface area contributed by atoms with Crippen LogP contribution in [0.4, 0.5) is 0 Å². The number of aromatic nitrogens is 1. The third kappa shape index (κ3) is 1.94. The molecule has 15 heavy (non-hydrogen) atoms. The molecule has 2 rings (SSSR count). The number of hydrogen-bond acceptors (Lipinski definition) is 2. The van der Waals surface area contributed by atoms with Gasteiger partial charge in [-0.2, -0.15) is 0 Å².